The van der Waals surface area contributed by atoms with Crippen molar-refractivity contribution in [2.24, 2.45) is 0 Å². The Labute approximate surface area is 222 Å². The highest BCUT2D eigenvalue weighted by molar-refractivity contribution is 6.31. The lowest BCUT2D eigenvalue weighted by molar-refractivity contribution is -0.167. The van der Waals surface area contributed by atoms with Gasteiger partial charge in [0, 0.05) is 43.4 Å². The molecular formula is C26H35ClN4O6. The molecule has 10 nitrogen and oxygen atoms in total. The van der Waals surface area contributed by atoms with Crippen molar-refractivity contribution in [2.45, 2.75) is 51.6 Å². The van der Waals surface area contributed by atoms with E-state index in [4.69, 9.17) is 30.2 Å². The molecule has 1 aromatic heterocycles. The van der Waals surface area contributed by atoms with E-state index in [1.807, 2.05) is 26.8 Å². The van der Waals surface area contributed by atoms with E-state index < -0.39 is 5.60 Å². The van der Waals surface area contributed by atoms with Crippen molar-refractivity contribution < 1.29 is 28.2 Å². The van der Waals surface area contributed by atoms with E-state index >= 15 is 0 Å². The van der Waals surface area contributed by atoms with Crippen molar-refractivity contribution >= 4 is 23.4 Å². The number of amides is 2. The van der Waals surface area contributed by atoms with Gasteiger partial charge >= 0.3 is 0 Å². The normalized spacial score (nSPS) is 20.4. The quantitative estimate of drug-likeness (QED) is 0.483. The van der Waals surface area contributed by atoms with Gasteiger partial charge in [-0.1, -0.05) is 25.4 Å². The smallest absolute Gasteiger partial charge is 0.225 e. The maximum Gasteiger partial charge on any atom is 0.225 e. The largest absolute Gasteiger partial charge is 0.490 e. The lowest BCUT2D eigenvalue weighted by atomic mass is 9.96. The maximum absolute atomic E-state index is 13.2. The van der Waals surface area contributed by atoms with Crippen LogP contribution >= 0.6 is 11.6 Å². The molecule has 0 spiro atoms. The van der Waals surface area contributed by atoms with Crippen LogP contribution in [0.5, 0.6) is 5.75 Å². The summed E-state index contributed by atoms with van der Waals surface area (Å²) in [6.07, 6.45) is 0.686. The van der Waals surface area contributed by atoms with Crippen LogP contribution in [0.2, 0.25) is 5.02 Å². The molecule has 0 radical (unpaired) electrons. The molecule has 2 amide bonds. The van der Waals surface area contributed by atoms with Crippen molar-refractivity contribution in [2.75, 3.05) is 52.6 Å². The highest BCUT2D eigenvalue weighted by atomic mass is 35.5. The van der Waals surface area contributed by atoms with Crippen molar-refractivity contribution in [3.05, 3.63) is 40.6 Å². The molecular weight excluding hydrogens is 500 g/mol. The number of carbonyl (C=O) groups is 2. The Morgan fingerprint density at radius 1 is 1.11 bits per heavy atom. The number of carbonyl (C=O) groups excluding carboxylic acids is 2. The number of rotatable bonds is 9. The van der Waals surface area contributed by atoms with E-state index in [2.05, 4.69) is 10.2 Å². The first kappa shape index (κ1) is 27.3. The molecule has 3 heterocycles. The molecule has 4 rings (SSSR count). The van der Waals surface area contributed by atoms with Crippen LogP contribution in [0.3, 0.4) is 0 Å². The molecule has 202 valence electrons. The van der Waals surface area contributed by atoms with Crippen molar-refractivity contribution in [3.8, 4) is 5.75 Å². The molecule has 2 aliphatic heterocycles. The molecule has 0 unspecified atom stereocenters. The van der Waals surface area contributed by atoms with Gasteiger partial charge in [-0.2, -0.15) is 0 Å². The van der Waals surface area contributed by atoms with Gasteiger partial charge in [-0.05, 0) is 30.7 Å². The minimum Gasteiger partial charge on any atom is -0.490 e. The van der Waals surface area contributed by atoms with E-state index in [9.17, 15) is 9.59 Å². The van der Waals surface area contributed by atoms with E-state index in [1.54, 1.807) is 21.9 Å². The zero-order valence-electron chi connectivity index (χ0n) is 21.7. The highest BCUT2D eigenvalue weighted by Crippen LogP contribution is 2.28. The lowest BCUT2D eigenvalue weighted by Gasteiger charge is -2.43. The molecule has 0 saturated carbocycles. The Morgan fingerprint density at radius 2 is 1.86 bits per heavy atom. The summed E-state index contributed by atoms with van der Waals surface area (Å²) in [5.41, 5.74) is -0.0906. The Bertz CT molecular complexity index is 1090. The fraction of sp³-hybridized carbons (Fsp3) is 0.615. The Balaban J connectivity index is 1.44. The number of aryl methyl sites for hydroxylation is 2. The lowest BCUT2D eigenvalue weighted by Crippen LogP contribution is -2.58. The van der Waals surface area contributed by atoms with Crippen molar-refractivity contribution in [1.82, 2.24) is 20.0 Å². The molecule has 0 bridgehead atoms. The topological polar surface area (TPSA) is 107 Å². The summed E-state index contributed by atoms with van der Waals surface area (Å²) >= 11 is 6.16. The molecule has 2 aromatic rings. The van der Waals surface area contributed by atoms with Gasteiger partial charge in [0.2, 0.25) is 23.6 Å². The monoisotopic (exact) mass is 534 g/mol. The van der Waals surface area contributed by atoms with E-state index in [-0.39, 0.29) is 43.7 Å². The summed E-state index contributed by atoms with van der Waals surface area (Å²) in [6, 6.07) is 5.41. The van der Waals surface area contributed by atoms with Gasteiger partial charge in [-0.15, -0.1) is 10.2 Å². The number of halogens is 1. The predicted molar refractivity (Wildman–Crippen MR) is 136 cm³/mol. The maximum atomic E-state index is 13.2. The van der Waals surface area contributed by atoms with Gasteiger partial charge in [0.25, 0.3) is 0 Å². The standard InChI is InChI=1S/C26H35ClN4O6/c1-18(2)25-29-28-22(37-25)6-7-23(32)31-10-13-36-26(16-31,15-24(33)30-8-11-34-12-9-30)17-35-20-4-5-21(27)19(3)14-20/h4-5,14,18H,6-13,15-17H2,1-3H3/t26-/m1/s1. The Morgan fingerprint density at radius 3 is 2.57 bits per heavy atom. The zero-order valence-corrected chi connectivity index (χ0v) is 22.5. The summed E-state index contributed by atoms with van der Waals surface area (Å²) in [4.78, 5) is 29.9. The first-order chi connectivity index (χ1) is 17.7. The van der Waals surface area contributed by atoms with Gasteiger partial charge < -0.3 is 28.4 Å². The number of nitrogens with zero attached hydrogens (tertiary/aromatic N) is 4. The fourth-order valence-electron chi connectivity index (χ4n) is 4.40. The van der Waals surface area contributed by atoms with Crippen molar-refractivity contribution in [1.29, 1.82) is 0 Å². The first-order valence-electron chi connectivity index (χ1n) is 12.7. The van der Waals surface area contributed by atoms with E-state index in [1.165, 1.54) is 0 Å². The third-order valence-corrected chi connectivity index (χ3v) is 7.02. The third kappa shape index (κ3) is 7.21. The average molecular weight is 535 g/mol. The van der Waals surface area contributed by atoms with Gasteiger partial charge in [0.15, 0.2) is 0 Å². The fourth-order valence-corrected chi connectivity index (χ4v) is 4.52. The second-order valence-electron chi connectivity index (χ2n) is 9.91. The molecule has 37 heavy (non-hydrogen) atoms. The number of morpholine rings is 2. The van der Waals surface area contributed by atoms with Crippen molar-refractivity contribution in [3.63, 3.8) is 0 Å². The second kappa shape index (κ2) is 12.2. The number of hydrogen-bond donors (Lipinski definition) is 0. The molecule has 11 heteroatoms. The minimum absolute atomic E-state index is 0.0411. The number of ether oxygens (including phenoxy) is 3. The molecule has 1 aromatic carbocycles. The second-order valence-corrected chi connectivity index (χ2v) is 10.3. The van der Waals surface area contributed by atoms with Gasteiger partial charge in [0.1, 0.15) is 18.0 Å². The highest BCUT2D eigenvalue weighted by Gasteiger charge is 2.42. The first-order valence-corrected chi connectivity index (χ1v) is 13.1. The van der Waals surface area contributed by atoms with Crippen LogP contribution in [0, 0.1) is 6.92 Å². The summed E-state index contributed by atoms with van der Waals surface area (Å²) in [7, 11) is 0. The molecule has 0 N–H and O–H groups in total. The molecule has 1 atom stereocenters. The van der Waals surface area contributed by atoms with Crippen LogP contribution in [0.25, 0.3) is 0 Å². The zero-order chi connectivity index (χ0) is 26.4. The average Bonchev–Trinajstić information content (AvgIpc) is 3.38. The van der Waals surface area contributed by atoms with Crippen LogP contribution in [0.1, 0.15) is 50.0 Å². The summed E-state index contributed by atoms with van der Waals surface area (Å²) < 4.78 is 23.3. The number of hydrogen-bond acceptors (Lipinski definition) is 8. The molecule has 2 fully saturated rings. The molecule has 2 saturated heterocycles. The summed E-state index contributed by atoms with van der Waals surface area (Å²) in [5.74, 6) is 1.66. The Hall–Kier alpha value is -2.69. The molecule has 2 aliphatic rings. The van der Waals surface area contributed by atoms with Crippen LogP contribution in [-0.4, -0.2) is 90.0 Å². The van der Waals surface area contributed by atoms with Crippen LogP contribution in [-0.2, 0) is 25.5 Å². The SMILES string of the molecule is Cc1cc(OC[C@@]2(CC(=O)N3CCOCC3)CN(C(=O)CCc3nnc(C(C)C)o3)CCO2)ccc1Cl. The van der Waals surface area contributed by atoms with Gasteiger partial charge in [-0.25, -0.2) is 0 Å². The third-order valence-electron chi connectivity index (χ3n) is 6.60. The van der Waals surface area contributed by atoms with Gasteiger partial charge in [0.05, 0.1) is 32.8 Å². The van der Waals surface area contributed by atoms with E-state index in [0.29, 0.717) is 68.4 Å². The van der Waals surface area contributed by atoms with Gasteiger partial charge in [-0.3, -0.25) is 9.59 Å². The minimum atomic E-state index is -0.980. The van der Waals surface area contributed by atoms with Crippen LogP contribution in [0.15, 0.2) is 22.6 Å². The predicted octanol–water partition coefficient (Wildman–Crippen LogP) is 3.01. The summed E-state index contributed by atoms with van der Waals surface area (Å²) in [5, 5.41) is 8.73. The Kier molecular flexibility index (Phi) is 9.04. The van der Waals surface area contributed by atoms with Crippen LogP contribution in [0.4, 0.5) is 0 Å². The molecule has 0 aliphatic carbocycles. The summed E-state index contributed by atoms with van der Waals surface area (Å²) in [6.45, 7) is 9.06. The van der Waals surface area contributed by atoms with Crippen LogP contribution < -0.4 is 4.74 Å². The number of aromatic nitrogens is 2. The number of benzene rings is 1. The van der Waals surface area contributed by atoms with E-state index in [0.717, 1.165) is 5.56 Å².